The number of aromatic nitrogens is 3. The molecule has 0 bridgehead atoms. The molecule has 1 aliphatic heterocycles. The van der Waals surface area contributed by atoms with Crippen molar-refractivity contribution in [2.24, 2.45) is 0 Å². The van der Waals surface area contributed by atoms with Crippen molar-refractivity contribution < 1.29 is 19.5 Å². The Hall–Kier alpha value is -2.94. The van der Waals surface area contributed by atoms with Crippen molar-refractivity contribution in [3.05, 3.63) is 34.9 Å². The molecular weight excluding hydrogens is 350 g/mol. The first-order valence-electron chi connectivity index (χ1n) is 7.46. The number of hydrogen-bond donors (Lipinski definition) is 3. The first kappa shape index (κ1) is 16.9. The number of hydrogen-bond acceptors (Lipinski definition) is 5. The molecule has 0 aliphatic carbocycles. The molecule has 0 radical (unpaired) electrons. The molecule has 1 aromatic heterocycles. The highest BCUT2D eigenvalue weighted by molar-refractivity contribution is 6.30. The van der Waals surface area contributed by atoms with Crippen LogP contribution in [0.1, 0.15) is 30.9 Å². The Bertz CT molecular complexity index is 833. The topological polar surface area (TPSA) is 126 Å². The number of carboxylic acids is 1. The van der Waals surface area contributed by atoms with Crippen LogP contribution < -0.4 is 10.6 Å². The number of rotatable bonds is 5. The van der Waals surface area contributed by atoms with Crippen LogP contribution in [0.25, 0.3) is 0 Å². The maximum Gasteiger partial charge on any atom is 0.303 e. The summed E-state index contributed by atoms with van der Waals surface area (Å²) in [5, 5.41) is 18.4. The third kappa shape index (κ3) is 3.94. The summed E-state index contributed by atoms with van der Waals surface area (Å²) in [4.78, 5) is 38.2. The van der Waals surface area contributed by atoms with Gasteiger partial charge in [0.25, 0.3) is 5.95 Å². The van der Waals surface area contributed by atoms with Gasteiger partial charge < -0.3 is 5.11 Å². The maximum absolute atomic E-state index is 11.9. The van der Waals surface area contributed by atoms with Gasteiger partial charge in [0, 0.05) is 11.4 Å². The summed E-state index contributed by atoms with van der Waals surface area (Å²) in [6, 6.07) is 6.64. The summed E-state index contributed by atoms with van der Waals surface area (Å²) in [6.45, 7) is 0. The quantitative estimate of drug-likeness (QED) is 0.741. The van der Waals surface area contributed by atoms with Crippen molar-refractivity contribution in [1.82, 2.24) is 14.8 Å². The number of anilines is 2. The minimum atomic E-state index is -1.07. The summed E-state index contributed by atoms with van der Waals surface area (Å²) in [7, 11) is 0. The minimum Gasteiger partial charge on any atom is -0.481 e. The Morgan fingerprint density at radius 3 is 2.72 bits per heavy atom. The van der Waals surface area contributed by atoms with E-state index in [-0.39, 0.29) is 43.1 Å². The second kappa shape index (κ2) is 6.89. The average molecular weight is 364 g/mol. The molecule has 0 unspecified atom stereocenters. The number of aliphatic carboxylic acids is 1. The zero-order valence-corrected chi connectivity index (χ0v) is 13.7. The van der Waals surface area contributed by atoms with E-state index in [0.717, 1.165) is 5.56 Å². The molecule has 1 aliphatic rings. The third-order valence-electron chi connectivity index (χ3n) is 3.63. The number of carbonyl (C=O) groups excluding carboxylic acids is 2. The first-order chi connectivity index (χ1) is 11.9. The van der Waals surface area contributed by atoms with Gasteiger partial charge in [0.05, 0.1) is 18.9 Å². The van der Waals surface area contributed by atoms with E-state index in [1.54, 1.807) is 24.3 Å². The summed E-state index contributed by atoms with van der Waals surface area (Å²) < 4.78 is 1.51. The number of carbonyl (C=O) groups is 3. The lowest BCUT2D eigenvalue weighted by Crippen LogP contribution is -2.29. The molecule has 2 heterocycles. The number of nitrogens with zero attached hydrogens (tertiary/aromatic N) is 3. The van der Waals surface area contributed by atoms with Crippen LogP contribution in [0.5, 0.6) is 0 Å². The van der Waals surface area contributed by atoms with Gasteiger partial charge in [0.1, 0.15) is 0 Å². The molecule has 0 saturated carbocycles. The minimum absolute atomic E-state index is 0.00607. The van der Waals surface area contributed by atoms with Gasteiger partial charge >= 0.3 is 5.97 Å². The molecule has 2 aromatic rings. The molecule has 1 aromatic carbocycles. The Morgan fingerprint density at radius 2 is 2.04 bits per heavy atom. The second-order valence-corrected chi connectivity index (χ2v) is 5.90. The van der Waals surface area contributed by atoms with Crippen molar-refractivity contribution in [2.45, 2.75) is 25.3 Å². The lowest BCUT2D eigenvalue weighted by Gasteiger charge is -2.23. The van der Waals surface area contributed by atoms with E-state index in [0.29, 0.717) is 5.02 Å². The number of benzene rings is 1. The highest BCUT2D eigenvalue weighted by Gasteiger charge is 2.29. The largest absolute Gasteiger partial charge is 0.481 e. The standard InChI is InChI=1S/C15H14ClN5O4/c16-9-3-1-8(2-4-9)10-7-12(23)18-15-19-14(20-21(10)15)17-11(22)5-6-13(24)25/h1-4,10H,5-7H2,(H,24,25)(H2,17,18,19,20,22,23)/t10-/m1/s1. The lowest BCUT2D eigenvalue weighted by atomic mass is 10.0. The van der Waals surface area contributed by atoms with Crippen molar-refractivity contribution >= 4 is 41.3 Å². The predicted octanol–water partition coefficient (Wildman–Crippen LogP) is 1.67. The van der Waals surface area contributed by atoms with Crippen LogP contribution in [0.3, 0.4) is 0 Å². The fraction of sp³-hybridized carbons (Fsp3) is 0.267. The van der Waals surface area contributed by atoms with Gasteiger partial charge in [-0.15, -0.1) is 5.10 Å². The Kier molecular flexibility index (Phi) is 4.66. The first-order valence-corrected chi connectivity index (χ1v) is 7.83. The number of fused-ring (bicyclic) bond motifs is 1. The lowest BCUT2D eigenvalue weighted by molar-refractivity contribution is -0.138. The van der Waals surface area contributed by atoms with Gasteiger partial charge in [0.2, 0.25) is 17.8 Å². The monoisotopic (exact) mass is 363 g/mol. The van der Waals surface area contributed by atoms with Gasteiger partial charge in [0.15, 0.2) is 0 Å². The van der Waals surface area contributed by atoms with E-state index in [1.165, 1.54) is 4.68 Å². The predicted molar refractivity (Wildman–Crippen MR) is 88.4 cm³/mol. The second-order valence-electron chi connectivity index (χ2n) is 5.47. The zero-order chi connectivity index (χ0) is 18.0. The SMILES string of the molecule is O=C(O)CCC(=O)Nc1nc2n(n1)[C@@H](c1ccc(Cl)cc1)CC(=O)N2. The van der Waals surface area contributed by atoms with Gasteiger partial charge in [-0.1, -0.05) is 23.7 Å². The Labute approximate surface area is 147 Å². The number of halogens is 1. The van der Waals surface area contributed by atoms with Gasteiger partial charge in [-0.05, 0) is 17.7 Å². The molecule has 3 N–H and O–H groups in total. The van der Waals surface area contributed by atoms with E-state index in [1.807, 2.05) is 0 Å². The maximum atomic E-state index is 11.9. The fourth-order valence-corrected chi connectivity index (χ4v) is 2.59. The smallest absolute Gasteiger partial charge is 0.303 e. The Balaban J connectivity index is 1.82. The van der Waals surface area contributed by atoms with Crippen LogP contribution >= 0.6 is 11.6 Å². The third-order valence-corrected chi connectivity index (χ3v) is 3.88. The van der Waals surface area contributed by atoms with Crippen molar-refractivity contribution in [3.8, 4) is 0 Å². The van der Waals surface area contributed by atoms with Crippen LogP contribution in [-0.2, 0) is 14.4 Å². The van der Waals surface area contributed by atoms with Crippen LogP contribution in [0.15, 0.2) is 24.3 Å². The van der Waals surface area contributed by atoms with Crippen LogP contribution in [0, 0.1) is 0 Å². The summed E-state index contributed by atoms with van der Waals surface area (Å²) in [5.74, 6) is -1.58. The van der Waals surface area contributed by atoms with Crippen LogP contribution in [0.4, 0.5) is 11.9 Å². The van der Waals surface area contributed by atoms with Gasteiger partial charge in [-0.2, -0.15) is 4.98 Å². The molecule has 10 heteroatoms. The average Bonchev–Trinajstić information content (AvgIpc) is 2.95. The van der Waals surface area contributed by atoms with E-state index in [2.05, 4.69) is 20.7 Å². The number of carboxylic acid groups (broad SMARTS) is 1. The molecule has 0 fully saturated rings. The van der Waals surface area contributed by atoms with Crippen LogP contribution in [-0.4, -0.2) is 37.7 Å². The van der Waals surface area contributed by atoms with Gasteiger partial charge in [-0.3, -0.25) is 25.0 Å². The molecule has 1 atom stereocenters. The number of amides is 2. The van der Waals surface area contributed by atoms with E-state index < -0.39 is 11.9 Å². The molecule has 0 spiro atoms. The molecule has 25 heavy (non-hydrogen) atoms. The molecule has 0 saturated heterocycles. The Morgan fingerprint density at radius 1 is 1.32 bits per heavy atom. The molecule has 2 amide bonds. The van der Waals surface area contributed by atoms with E-state index in [9.17, 15) is 14.4 Å². The highest BCUT2D eigenvalue weighted by Crippen LogP contribution is 2.30. The van der Waals surface area contributed by atoms with E-state index in [4.69, 9.17) is 16.7 Å². The zero-order valence-electron chi connectivity index (χ0n) is 12.9. The van der Waals surface area contributed by atoms with Crippen LogP contribution in [0.2, 0.25) is 5.02 Å². The van der Waals surface area contributed by atoms with Gasteiger partial charge in [-0.25, -0.2) is 4.68 Å². The summed E-state index contributed by atoms with van der Waals surface area (Å²) in [6.07, 6.45) is -0.305. The van der Waals surface area contributed by atoms with Crippen molar-refractivity contribution in [3.63, 3.8) is 0 Å². The van der Waals surface area contributed by atoms with Crippen molar-refractivity contribution in [1.29, 1.82) is 0 Å². The highest BCUT2D eigenvalue weighted by atomic mass is 35.5. The molecule has 3 rings (SSSR count). The molecule has 130 valence electrons. The normalized spacial score (nSPS) is 16.0. The van der Waals surface area contributed by atoms with E-state index >= 15 is 0 Å². The summed E-state index contributed by atoms with van der Waals surface area (Å²) in [5.41, 5.74) is 0.828. The fourth-order valence-electron chi connectivity index (χ4n) is 2.47. The number of nitrogens with one attached hydrogen (secondary N) is 2. The van der Waals surface area contributed by atoms with Crippen molar-refractivity contribution in [2.75, 3.05) is 10.6 Å². The molecular formula is C15H14ClN5O4. The molecule has 9 nitrogen and oxygen atoms in total. The summed E-state index contributed by atoms with van der Waals surface area (Å²) >= 11 is 5.89.